The van der Waals surface area contributed by atoms with Gasteiger partial charge in [0.05, 0.1) is 6.04 Å². The zero-order valence-electron chi connectivity index (χ0n) is 15.4. The number of benzene rings is 1. The number of likely N-dealkylation sites (tertiary alicyclic amines) is 1. The Labute approximate surface area is 131 Å². The van der Waals surface area contributed by atoms with Gasteiger partial charge in [-0.1, -0.05) is 43.6 Å². The van der Waals surface area contributed by atoms with Crippen molar-refractivity contribution in [1.29, 1.82) is 0 Å². The minimum atomic E-state index is -1.24. The zero-order chi connectivity index (χ0) is 17.3. The van der Waals surface area contributed by atoms with Crippen LogP contribution in [0.3, 0.4) is 0 Å². The summed E-state index contributed by atoms with van der Waals surface area (Å²) in [4.78, 5) is 14.3. The number of hydrogen-bond donors (Lipinski definition) is 0. The third-order valence-corrected chi connectivity index (χ3v) is 3.82. The monoisotopic (exact) mass is 291 g/mol. The van der Waals surface area contributed by atoms with E-state index in [0.717, 1.165) is 5.56 Å². The van der Waals surface area contributed by atoms with E-state index < -0.39 is 12.0 Å². The lowest BCUT2D eigenvalue weighted by atomic mass is 9.86. The second kappa shape index (κ2) is 6.50. The van der Waals surface area contributed by atoms with Gasteiger partial charge in [0, 0.05) is 9.29 Å². The Morgan fingerprint density at radius 2 is 2.05 bits per heavy atom. The van der Waals surface area contributed by atoms with Crippen molar-refractivity contribution in [3.8, 4) is 0 Å². The maximum atomic E-state index is 12.6. The van der Waals surface area contributed by atoms with Crippen molar-refractivity contribution in [3.63, 3.8) is 0 Å². The fraction of sp³-hybridized carbons (Fsp3) is 0.611. The summed E-state index contributed by atoms with van der Waals surface area (Å²) in [5, 5.41) is 0. The van der Waals surface area contributed by atoms with Gasteiger partial charge in [0.15, 0.2) is 0 Å². The molecular weight excluding hydrogens is 262 g/mol. The van der Waals surface area contributed by atoms with E-state index in [9.17, 15) is 4.79 Å². The highest BCUT2D eigenvalue weighted by Crippen LogP contribution is 2.36. The number of ether oxygens (including phenoxy) is 1. The molecule has 1 aliphatic heterocycles. The van der Waals surface area contributed by atoms with Gasteiger partial charge in [-0.25, -0.2) is 4.79 Å². The average Bonchev–Trinajstić information content (AvgIpc) is 2.45. The summed E-state index contributed by atoms with van der Waals surface area (Å²) in [7, 11) is 0. The maximum absolute atomic E-state index is 12.6. The number of rotatable bonds is 2. The Kier molecular flexibility index (Phi) is 4.08. The number of nitrogens with zero attached hydrogens (tertiary/aromatic N) is 1. The van der Waals surface area contributed by atoms with Crippen LogP contribution >= 0.6 is 0 Å². The molecule has 1 aromatic rings. The standard InChI is InChI=1S/C18H27NO2/c1-5-14-11-12-19(17(20)21-18(2,3)4)16(13-14)15-9-7-6-8-10-15/h6-10,14,16H,5,11-13H2,1-4H3/t14-,16+/m1/s1/i5D2. The van der Waals surface area contributed by atoms with Crippen LogP contribution in [0.15, 0.2) is 30.3 Å². The summed E-state index contributed by atoms with van der Waals surface area (Å²) in [5.74, 6) is -0.0635. The van der Waals surface area contributed by atoms with E-state index in [0.29, 0.717) is 19.4 Å². The molecule has 0 aromatic heterocycles. The van der Waals surface area contributed by atoms with Gasteiger partial charge in [-0.2, -0.15) is 0 Å². The van der Waals surface area contributed by atoms with Crippen molar-refractivity contribution in [2.24, 2.45) is 5.92 Å². The second-order valence-corrected chi connectivity index (χ2v) is 6.61. The smallest absolute Gasteiger partial charge is 0.410 e. The van der Waals surface area contributed by atoms with Gasteiger partial charge < -0.3 is 9.64 Å². The Balaban J connectivity index is 2.25. The lowest BCUT2D eigenvalue weighted by molar-refractivity contribution is 0.00394. The van der Waals surface area contributed by atoms with Crippen LogP contribution in [-0.2, 0) is 4.74 Å². The van der Waals surface area contributed by atoms with Gasteiger partial charge in [0.1, 0.15) is 5.60 Å². The minimum Gasteiger partial charge on any atom is -0.444 e. The number of hydrogen-bond acceptors (Lipinski definition) is 2. The Hall–Kier alpha value is -1.51. The molecule has 21 heavy (non-hydrogen) atoms. The molecule has 2 rings (SSSR count). The van der Waals surface area contributed by atoms with Crippen molar-refractivity contribution < 1.29 is 12.3 Å². The molecule has 3 heteroatoms. The molecule has 0 saturated carbocycles. The first kappa shape index (κ1) is 13.2. The number of piperidine rings is 1. The fourth-order valence-corrected chi connectivity index (χ4v) is 2.76. The Bertz CT molecular complexity index is 534. The van der Waals surface area contributed by atoms with Gasteiger partial charge in [-0.3, -0.25) is 0 Å². The molecule has 1 amide bonds. The molecule has 1 saturated heterocycles. The molecule has 0 aliphatic carbocycles. The highest BCUT2D eigenvalue weighted by atomic mass is 16.6. The van der Waals surface area contributed by atoms with Gasteiger partial charge in [0.2, 0.25) is 0 Å². The highest BCUT2D eigenvalue weighted by Gasteiger charge is 2.34. The molecule has 0 spiro atoms. The molecule has 0 radical (unpaired) electrons. The van der Waals surface area contributed by atoms with Gasteiger partial charge in [-0.05, 0) is 45.1 Å². The first-order valence-electron chi connectivity index (χ1n) is 8.62. The van der Waals surface area contributed by atoms with Crippen molar-refractivity contribution >= 4 is 6.09 Å². The summed E-state index contributed by atoms with van der Waals surface area (Å²) in [6, 6.07) is 9.70. The molecular formula is C18H27NO2. The van der Waals surface area contributed by atoms with E-state index in [1.165, 1.54) is 0 Å². The first-order valence-corrected chi connectivity index (χ1v) is 7.62. The molecule has 0 unspecified atom stereocenters. The van der Waals surface area contributed by atoms with E-state index in [1.54, 1.807) is 11.8 Å². The third kappa shape index (κ3) is 4.23. The van der Waals surface area contributed by atoms with Crippen LogP contribution in [0.2, 0.25) is 0 Å². The lowest BCUT2D eigenvalue weighted by Crippen LogP contribution is -2.43. The lowest BCUT2D eigenvalue weighted by Gasteiger charge is -2.40. The average molecular weight is 291 g/mol. The summed E-state index contributed by atoms with van der Waals surface area (Å²) >= 11 is 0. The van der Waals surface area contributed by atoms with Crippen LogP contribution in [0.1, 0.15) is 61.3 Å². The summed E-state index contributed by atoms with van der Waals surface area (Å²) in [6.07, 6.45) is -0.284. The molecule has 2 atom stereocenters. The van der Waals surface area contributed by atoms with Crippen LogP contribution in [0.25, 0.3) is 0 Å². The topological polar surface area (TPSA) is 29.5 Å². The van der Waals surface area contributed by atoms with Crippen molar-refractivity contribution in [3.05, 3.63) is 35.9 Å². The summed E-state index contributed by atoms with van der Waals surface area (Å²) < 4.78 is 21.6. The van der Waals surface area contributed by atoms with E-state index in [-0.39, 0.29) is 18.1 Å². The minimum absolute atomic E-state index is 0.0635. The Morgan fingerprint density at radius 3 is 2.62 bits per heavy atom. The molecule has 0 N–H and O–H groups in total. The predicted octanol–water partition coefficient (Wildman–Crippen LogP) is 4.78. The highest BCUT2D eigenvalue weighted by molar-refractivity contribution is 5.69. The van der Waals surface area contributed by atoms with E-state index in [4.69, 9.17) is 7.48 Å². The quantitative estimate of drug-likeness (QED) is 0.784. The van der Waals surface area contributed by atoms with Gasteiger partial charge in [0.25, 0.3) is 0 Å². The van der Waals surface area contributed by atoms with Crippen molar-refractivity contribution in [2.75, 3.05) is 6.54 Å². The summed E-state index contributed by atoms with van der Waals surface area (Å²) in [5.41, 5.74) is 0.501. The predicted molar refractivity (Wildman–Crippen MR) is 85.1 cm³/mol. The normalized spacial score (nSPS) is 25.0. The van der Waals surface area contributed by atoms with Crippen molar-refractivity contribution in [2.45, 2.75) is 58.6 Å². The molecule has 3 nitrogen and oxygen atoms in total. The molecule has 116 valence electrons. The van der Waals surface area contributed by atoms with Crippen LogP contribution in [0.4, 0.5) is 4.79 Å². The number of carbonyl (C=O) groups excluding carboxylic acids is 1. The van der Waals surface area contributed by atoms with Crippen molar-refractivity contribution in [1.82, 2.24) is 4.90 Å². The Morgan fingerprint density at radius 1 is 1.38 bits per heavy atom. The SMILES string of the molecule is [2H]C([2H])(C)[C@@H]1CCN(C(=O)OC(C)(C)C)[C@H](c2ccccc2)C1. The largest absolute Gasteiger partial charge is 0.444 e. The molecule has 1 aromatic carbocycles. The maximum Gasteiger partial charge on any atom is 0.410 e. The van der Waals surface area contributed by atoms with Crippen LogP contribution < -0.4 is 0 Å². The summed E-state index contributed by atoms with van der Waals surface area (Å²) in [6.45, 7) is 7.73. The van der Waals surface area contributed by atoms with Crippen LogP contribution in [0.5, 0.6) is 0 Å². The van der Waals surface area contributed by atoms with E-state index in [1.807, 2.05) is 51.1 Å². The van der Waals surface area contributed by atoms with E-state index >= 15 is 0 Å². The van der Waals surface area contributed by atoms with E-state index in [2.05, 4.69) is 0 Å². The number of carbonyl (C=O) groups is 1. The van der Waals surface area contributed by atoms with Crippen LogP contribution in [0, 0.1) is 5.92 Å². The molecule has 0 bridgehead atoms. The van der Waals surface area contributed by atoms with Gasteiger partial charge in [-0.15, -0.1) is 0 Å². The molecule has 1 fully saturated rings. The molecule has 1 heterocycles. The van der Waals surface area contributed by atoms with Crippen LogP contribution in [-0.4, -0.2) is 23.1 Å². The molecule has 1 aliphatic rings. The van der Waals surface area contributed by atoms with Gasteiger partial charge >= 0.3 is 6.09 Å². The third-order valence-electron chi connectivity index (χ3n) is 3.82. The zero-order valence-corrected chi connectivity index (χ0v) is 13.4. The fourth-order valence-electron chi connectivity index (χ4n) is 2.76. The second-order valence-electron chi connectivity index (χ2n) is 6.61. The first-order chi connectivity index (χ1) is 10.6. The number of amides is 1.